The first kappa shape index (κ1) is 27.4. The first-order valence-electron chi connectivity index (χ1n) is 14.9. The van der Waals surface area contributed by atoms with Gasteiger partial charge in [0.25, 0.3) is 0 Å². The fourth-order valence-corrected chi connectivity index (χ4v) is 6.27. The van der Waals surface area contributed by atoms with Gasteiger partial charge in [-0.25, -0.2) is 4.98 Å². The van der Waals surface area contributed by atoms with E-state index in [1.807, 2.05) is 12.1 Å². The largest absolute Gasteiger partial charge is 0.481 e. The zero-order valence-electron chi connectivity index (χ0n) is 23.0. The number of likely N-dealkylation sites (tertiary alicyclic amines) is 1. The van der Waals surface area contributed by atoms with Crippen LogP contribution in [0.15, 0.2) is 36.4 Å². The van der Waals surface area contributed by atoms with Crippen molar-refractivity contribution in [3.63, 3.8) is 0 Å². The molecule has 0 bridgehead atoms. The van der Waals surface area contributed by atoms with E-state index in [-0.39, 0.29) is 18.2 Å². The van der Waals surface area contributed by atoms with Crippen LogP contribution in [-0.4, -0.2) is 66.1 Å². The van der Waals surface area contributed by atoms with Gasteiger partial charge in [0, 0.05) is 37.6 Å². The Labute approximate surface area is 232 Å². The Bertz CT molecular complexity index is 1130. The van der Waals surface area contributed by atoms with Crippen LogP contribution in [0.5, 0.6) is 0 Å². The van der Waals surface area contributed by atoms with Gasteiger partial charge >= 0.3 is 5.97 Å². The normalized spacial score (nSPS) is 20.5. The lowest BCUT2D eigenvalue weighted by Crippen LogP contribution is -2.44. The number of carboxylic acids is 1. The molecule has 1 aromatic carbocycles. The summed E-state index contributed by atoms with van der Waals surface area (Å²) in [5.41, 5.74) is 4.42. The molecule has 4 heterocycles. The number of aryl methyl sites for hydroxylation is 2. The molecule has 2 fully saturated rings. The molecule has 3 aliphatic rings. The third-order valence-electron chi connectivity index (χ3n) is 8.42. The van der Waals surface area contributed by atoms with Crippen molar-refractivity contribution >= 4 is 23.4 Å². The van der Waals surface area contributed by atoms with E-state index >= 15 is 0 Å². The van der Waals surface area contributed by atoms with Crippen molar-refractivity contribution in [2.45, 2.75) is 70.3 Å². The Hall–Kier alpha value is -3.13. The highest BCUT2D eigenvalue weighted by molar-refractivity contribution is 5.80. The van der Waals surface area contributed by atoms with Crippen molar-refractivity contribution in [1.82, 2.24) is 15.2 Å². The number of nitrogens with zero attached hydrogens (tertiary/aromatic N) is 3. The van der Waals surface area contributed by atoms with Crippen LogP contribution in [0.25, 0.3) is 0 Å². The van der Waals surface area contributed by atoms with Gasteiger partial charge in [-0.05, 0) is 100 Å². The number of carboxylic acid groups (broad SMARTS) is 1. The predicted octanol–water partition coefficient (Wildman–Crippen LogP) is 4.41. The highest BCUT2D eigenvalue weighted by Crippen LogP contribution is 2.27. The Morgan fingerprint density at radius 3 is 2.79 bits per heavy atom. The summed E-state index contributed by atoms with van der Waals surface area (Å²) in [6, 6.07) is 11.9. The molecule has 5 rings (SSSR count). The van der Waals surface area contributed by atoms with Gasteiger partial charge in [0.05, 0.1) is 18.4 Å². The highest BCUT2D eigenvalue weighted by atomic mass is 16.4. The monoisotopic (exact) mass is 533 g/mol. The number of carbonyl (C=O) groups is 2. The van der Waals surface area contributed by atoms with Crippen molar-refractivity contribution in [3.8, 4) is 0 Å². The van der Waals surface area contributed by atoms with E-state index in [2.05, 4.69) is 44.7 Å². The first-order valence-corrected chi connectivity index (χ1v) is 14.9. The van der Waals surface area contributed by atoms with E-state index < -0.39 is 12.0 Å². The molecule has 0 unspecified atom stereocenters. The smallest absolute Gasteiger partial charge is 0.305 e. The molecule has 2 atom stereocenters. The number of amides is 1. The third kappa shape index (κ3) is 7.50. The lowest BCUT2D eigenvalue weighted by molar-refractivity contribution is -0.138. The molecule has 0 radical (unpaired) electrons. The Morgan fingerprint density at radius 2 is 1.95 bits per heavy atom. The molecule has 3 aliphatic heterocycles. The summed E-state index contributed by atoms with van der Waals surface area (Å²) in [4.78, 5) is 34.6. The predicted molar refractivity (Wildman–Crippen MR) is 154 cm³/mol. The molecule has 1 aromatic heterocycles. The molecule has 0 spiro atoms. The zero-order valence-corrected chi connectivity index (χ0v) is 23.0. The van der Waals surface area contributed by atoms with Gasteiger partial charge < -0.3 is 25.5 Å². The van der Waals surface area contributed by atoms with Crippen molar-refractivity contribution in [1.29, 1.82) is 0 Å². The van der Waals surface area contributed by atoms with E-state index in [9.17, 15) is 14.7 Å². The number of nitrogens with one attached hydrogen (secondary N) is 2. The minimum atomic E-state index is -0.903. The van der Waals surface area contributed by atoms with Crippen LogP contribution in [0.2, 0.25) is 0 Å². The second kappa shape index (κ2) is 13.3. The third-order valence-corrected chi connectivity index (χ3v) is 8.42. The maximum absolute atomic E-state index is 13.4. The number of aliphatic carboxylic acids is 1. The molecule has 2 saturated heterocycles. The number of benzene rings is 1. The quantitative estimate of drug-likeness (QED) is 0.416. The number of hydrogen-bond acceptors (Lipinski definition) is 6. The fraction of sp³-hybridized carbons (Fsp3) is 0.581. The minimum Gasteiger partial charge on any atom is -0.481 e. The number of rotatable bonds is 10. The number of pyridine rings is 1. The zero-order chi connectivity index (χ0) is 27.0. The van der Waals surface area contributed by atoms with E-state index in [0.29, 0.717) is 0 Å². The fourth-order valence-electron chi connectivity index (χ4n) is 6.27. The van der Waals surface area contributed by atoms with Gasteiger partial charge in [0.15, 0.2) is 0 Å². The number of anilines is 2. The van der Waals surface area contributed by atoms with Crippen LogP contribution >= 0.6 is 0 Å². The molecule has 3 N–H and O–H groups in total. The molecule has 1 amide bonds. The second-order valence-electron chi connectivity index (χ2n) is 11.4. The van der Waals surface area contributed by atoms with Gasteiger partial charge in [-0.3, -0.25) is 9.59 Å². The summed E-state index contributed by atoms with van der Waals surface area (Å²) in [7, 11) is 0. The molecular formula is C31H43N5O3. The van der Waals surface area contributed by atoms with E-state index in [1.54, 1.807) is 0 Å². The van der Waals surface area contributed by atoms with Crippen LogP contribution in [0.4, 0.5) is 11.5 Å². The van der Waals surface area contributed by atoms with Gasteiger partial charge in [-0.15, -0.1) is 0 Å². The van der Waals surface area contributed by atoms with Gasteiger partial charge in [0.2, 0.25) is 5.91 Å². The molecule has 39 heavy (non-hydrogen) atoms. The van der Waals surface area contributed by atoms with Gasteiger partial charge in [-0.1, -0.05) is 18.2 Å². The van der Waals surface area contributed by atoms with E-state index in [0.717, 1.165) is 94.1 Å². The summed E-state index contributed by atoms with van der Waals surface area (Å²) in [5.74, 6) is -0.00563. The molecule has 8 heteroatoms. The average molecular weight is 534 g/mol. The Morgan fingerprint density at radius 1 is 1.08 bits per heavy atom. The minimum absolute atomic E-state index is 0.0308. The lowest BCUT2D eigenvalue weighted by atomic mass is 9.95. The van der Waals surface area contributed by atoms with Gasteiger partial charge in [-0.2, -0.15) is 0 Å². The molecule has 0 saturated carbocycles. The van der Waals surface area contributed by atoms with Crippen LogP contribution < -0.4 is 15.5 Å². The maximum Gasteiger partial charge on any atom is 0.305 e. The molecular weight excluding hydrogens is 490 g/mol. The number of hydrogen-bond donors (Lipinski definition) is 3. The van der Waals surface area contributed by atoms with Crippen LogP contribution in [0, 0.1) is 5.92 Å². The van der Waals surface area contributed by atoms with Crippen LogP contribution in [-0.2, 0) is 22.4 Å². The molecule has 0 aliphatic carbocycles. The summed E-state index contributed by atoms with van der Waals surface area (Å²) in [5, 5.41) is 16.1. The van der Waals surface area contributed by atoms with E-state index in [1.165, 1.54) is 31.2 Å². The lowest BCUT2D eigenvalue weighted by Gasteiger charge is -2.33. The summed E-state index contributed by atoms with van der Waals surface area (Å²) < 4.78 is 0. The average Bonchev–Trinajstić information content (AvgIpc) is 2.97. The number of aromatic nitrogens is 1. The summed E-state index contributed by atoms with van der Waals surface area (Å²) in [6.07, 6.45) is 9.52. The van der Waals surface area contributed by atoms with Crippen molar-refractivity contribution < 1.29 is 14.7 Å². The molecule has 8 nitrogen and oxygen atoms in total. The topological polar surface area (TPSA) is 97.8 Å². The standard InChI is InChI=1S/C31H43N5O3/c37-29(38)21-28(24-8-4-12-27(20-24)36-18-2-1-3-19-36)34-31(39)25-10-6-16-35(22-25)17-7-11-26-14-13-23-9-5-15-32-30(23)33-26/h4,8,12-14,20,25,28H,1-3,5-7,9-11,15-19,21-22H2,(H,32,33)(H,34,39)(H,37,38)/t25-,28+/m1/s1. The summed E-state index contributed by atoms with van der Waals surface area (Å²) in [6.45, 7) is 5.70. The maximum atomic E-state index is 13.4. The van der Waals surface area contributed by atoms with Crippen LogP contribution in [0.3, 0.4) is 0 Å². The van der Waals surface area contributed by atoms with Gasteiger partial charge in [0.1, 0.15) is 5.82 Å². The van der Waals surface area contributed by atoms with Crippen molar-refractivity contribution in [2.75, 3.05) is 49.5 Å². The number of carbonyl (C=O) groups excluding carboxylic acids is 1. The van der Waals surface area contributed by atoms with Crippen LogP contribution in [0.1, 0.15) is 74.2 Å². The molecule has 210 valence electrons. The van der Waals surface area contributed by atoms with E-state index in [4.69, 9.17) is 4.98 Å². The highest BCUT2D eigenvalue weighted by Gasteiger charge is 2.28. The Balaban J connectivity index is 1.15. The van der Waals surface area contributed by atoms with Crippen molar-refractivity contribution in [2.24, 2.45) is 5.92 Å². The molecule has 2 aromatic rings. The first-order chi connectivity index (χ1) is 19.0. The number of piperidine rings is 2. The van der Waals surface area contributed by atoms with Crippen molar-refractivity contribution in [3.05, 3.63) is 53.2 Å². The SMILES string of the molecule is O=C(O)C[C@H](NC(=O)[C@@H]1CCCN(CCCc2ccc3c(n2)NCCC3)C1)c1cccc(N2CCCCC2)c1. The second-order valence-corrected chi connectivity index (χ2v) is 11.4. The number of fused-ring (bicyclic) bond motifs is 1. The Kier molecular flexibility index (Phi) is 9.35. The summed E-state index contributed by atoms with van der Waals surface area (Å²) >= 11 is 0.